The number of nitrogens with zero attached hydrogens (tertiary/aromatic N) is 1. The highest BCUT2D eigenvalue weighted by atomic mass is 32.2. The van der Waals surface area contributed by atoms with Crippen molar-refractivity contribution >= 4 is 67.9 Å². The Morgan fingerprint density at radius 3 is 2.27 bits per heavy atom. The molecule has 1 aromatic heterocycles. The van der Waals surface area contributed by atoms with Crippen molar-refractivity contribution in [2.45, 2.75) is 17.1 Å². The molecule has 10 heteroatoms. The number of thioether (sulfide) groups is 1. The van der Waals surface area contributed by atoms with Gasteiger partial charge >= 0.3 is 0 Å². The summed E-state index contributed by atoms with van der Waals surface area (Å²) >= 11 is 2.78. The summed E-state index contributed by atoms with van der Waals surface area (Å²) in [7, 11) is 0. The average molecular weight is 685 g/mol. The summed E-state index contributed by atoms with van der Waals surface area (Å²) in [5.74, 6) is -0.430. The molecule has 3 amide bonds. The number of hydrogen-bond acceptors (Lipinski definition) is 7. The van der Waals surface area contributed by atoms with E-state index in [1.54, 1.807) is 54.6 Å². The second-order valence-electron chi connectivity index (χ2n) is 10.7. The van der Waals surface area contributed by atoms with Gasteiger partial charge < -0.3 is 20.7 Å². The predicted octanol–water partition coefficient (Wildman–Crippen LogP) is 8.58. The maximum Gasteiger partial charge on any atom is 0.272 e. The molecule has 5 aromatic carbocycles. The summed E-state index contributed by atoms with van der Waals surface area (Å²) in [4.78, 5) is 45.8. The van der Waals surface area contributed by atoms with Crippen molar-refractivity contribution in [2.75, 3.05) is 17.2 Å². The largest absolute Gasteiger partial charge is 0.494 e. The van der Waals surface area contributed by atoms with Gasteiger partial charge in [-0.05, 0) is 78.7 Å². The van der Waals surface area contributed by atoms with Crippen LogP contribution in [0.4, 0.5) is 10.8 Å². The van der Waals surface area contributed by atoms with Gasteiger partial charge in [0.25, 0.3) is 11.8 Å². The molecule has 1 heterocycles. The lowest BCUT2D eigenvalue weighted by Gasteiger charge is -2.17. The van der Waals surface area contributed by atoms with Crippen LogP contribution < -0.4 is 20.7 Å². The molecule has 0 fully saturated rings. The summed E-state index contributed by atoms with van der Waals surface area (Å²) in [6.07, 6.45) is 1.61. The summed E-state index contributed by atoms with van der Waals surface area (Å²) < 4.78 is 6.53. The van der Waals surface area contributed by atoms with Crippen LogP contribution in [0.3, 0.4) is 0 Å². The van der Waals surface area contributed by atoms with Crippen LogP contribution in [0.15, 0.2) is 144 Å². The fourth-order valence-electron chi connectivity index (χ4n) is 4.92. The molecule has 1 atom stereocenters. The number of ether oxygens (including phenoxy) is 1. The number of benzene rings is 5. The Morgan fingerprint density at radius 1 is 0.816 bits per heavy atom. The Kier molecular flexibility index (Phi) is 10.8. The molecule has 0 aliphatic carbocycles. The summed E-state index contributed by atoms with van der Waals surface area (Å²) in [6.45, 7) is 2.44. The number of thiazole rings is 1. The number of aromatic nitrogens is 1. The molecule has 244 valence electrons. The van der Waals surface area contributed by atoms with Crippen molar-refractivity contribution in [1.29, 1.82) is 0 Å². The quantitative estimate of drug-likeness (QED) is 0.0880. The molecule has 8 nitrogen and oxygen atoms in total. The van der Waals surface area contributed by atoms with E-state index < -0.39 is 17.1 Å². The number of nitrogens with one attached hydrogen (secondary N) is 3. The molecule has 6 aromatic rings. The molecule has 49 heavy (non-hydrogen) atoms. The first-order chi connectivity index (χ1) is 23.9. The molecular formula is C39H32N4O4S2. The fourth-order valence-corrected chi connectivity index (χ4v) is 6.87. The number of para-hydroxylation sites is 1. The number of amides is 3. The number of fused-ring (bicyclic) bond motifs is 1. The van der Waals surface area contributed by atoms with E-state index in [9.17, 15) is 14.4 Å². The third-order valence-electron chi connectivity index (χ3n) is 7.24. The highest BCUT2D eigenvalue weighted by Gasteiger charge is 2.24. The van der Waals surface area contributed by atoms with Crippen LogP contribution in [0, 0.1) is 0 Å². The number of carbonyl (C=O) groups is 3. The zero-order chi connectivity index (χ0) is 34.0. The zero-order valence-corrected chi connectivity index (χ0v) is 28.1. The van der Waals surface area contributed by atoms with Gasteiger partial charge in [0.15, 0.2) is 5.13 Å². The number of hydrogen-bond donors (Lipinski definition) is 3. The Morgan fingerprint density at radius 2 is 1.53 bits per heavy atom. The fraction of sp³-hybridized carbons (Fsp3) is 0.0769. The number of anilines is 2. The van der Waals surface area contributed by atoms with E-state index in [1.165, 1.54) is 23.1 Å². The molecule has 3 N–H and O–H groups in total. The topological polar surface area (TPSA) is 109 Å². The standard InChI is InChI=1S/C39H32N4O4S2/c1-2-47-30-22-20-26(21-23-30)24-33(41-36(44)28-14-7-4-8-15-28)37(45)40-29-16-11-17-31(25-29)48-35(27-12-5-3-6-13-27)38(46)43-39-42-32-18-9-10-19-34(32)49-39/h3-25,35H,2H2,1H3,(H,40,45)(H,41,44)(H,42,43,46)/b33-24+. The van der Waals surface area contributed by atoms with Crippen molar-refractivity contribution in [2.24, 2.45) is 0 Å². The molecule has 0 radical (unpaired) electrons. The summed E-state index contributed by atoms with van der Waals surface area (Å²) in [6, 6.07) is 40.4. The highest BCUT2D eigenvalue weighted by Crippen LogP contribution is 2.38. The van der Waals surface area contributed by atoms with E-state index in [1.807, 2.05) is 91.9 Å². The summed E-state index contributed by atoms with van der Waals surface area (Å²) in [5, 5.41) is 8.62. The Balaban J connectivity index is 1.22. The van der Waals surface area contributed by atoms with Crippen LogP contribution in [0.1, 0.15) is 33.7 Å². The molecule has 0 aliphatic heterocycles. The SMILES string of the molecule is CCOc1ccc(/C=C(/NC(=O)c2ccccc2)C(=O)Nc2cccc(SC(C(=O)Nc3nc4ccccc4s3)c3ccccc3)c2)cc1. The van der Waals surface area contributed by atoms with Gasteiger partial charge in [0.05, 0.1) is 16.8 Å². The number of carbonyl (C=O) groups excluding carboxylic acids is 3. The monoisotopic (exact) mass is 684 g/mol. The second-order valence-corrected chi connectivity index (χ2v) is 13.0. The molecule has 1 unspecified atom stereocenters. The van der Waals surface area contributed by atoms with Crippen molar-refractivity contribution in [3.8, 4) is 5.75 Å². The molecule has 0 spiro atoms. The van der Waals surface area contributed by atoms with Gasteiger partial charge in [-0.15, -0.1) is 11.8 Å². The Bertz CT molecular complexity index is 2070. The molecule has 0 saturated carbocycles. The van der Waals surface area contributed by atoms with E-state index in [2.05, 4.69) is 20.9 Å². The maximum absolute atomic E-state index is 13.7. The van der Waals surface area contributed by atoms with E-state index in [0.717, 1.165) is 20.7 Å². The maximum atomic E-state index is 13.7. The average Bonchev–Trinajstić information content (AvgIpc) is 3.54. The first kappa shape index (κ1) is 33.2. The van der Waals surface area contributed by atoms with Gasteiger partial charge in [-0.25, -0.2) is 4.98 Å². The van der Waals surface area contributed by atoms with Crippen molar-refractivity contribution in [3.63, 3.8) is 0 Å². The minimum absolute atomic E-state index is 0.0634. The molecule has 0 saturated heterocycles. The van der Waals surface area contributed by atoms with Crippen LogP contribution >= 0.6 is 23.1 Å². The van der Waals surface area contributed by atoms with E-state index in [4.69, 9.17) is 4.74 Å². The smallest absolute Gasteiger partial charge is 0.272 e. The van der Waals surface area contributed by atoms with Crippen LogP contribution in [-0.4, -0.2) is 29.3 Å². The first-order valence-electron chi connectivity index (χ1n) is 15.6. The lowest BCUT2D eigenvalue weighted by atomic mass is 10.1. The first-order valence-corrected chi connectivity index (χ1v) is 17.2. The van der Waals surface area contributed by atoms with Crippen LogP contribution in [0.2, 0.25) is 0 Å². The lowest BCUT2D eigenvalue weighted by molar-refractivity contribution is -0.116. The molecule has 0 aliphatic rings. The van der Waals surface area contributed by atoms with E-state index in [-0.39, 0.29) is 11.6 Å². The normalized spacial score (nSPS) is 11.8. The summed E-state index contributed by atoms with van der Waals surface area (Å²) in [5.41, 5.74) is 3.34. The third-order valence-corrected chi connectivity index (χ3v) is 9.44. The van der Waals surface area contributed by atoms with Crippen molar-refractivity contribution in [3.05, 3.63) is 156 Å². The predicted molar refractivity (Wildman–Crippen MR) is 198 cm³/mol. The molecular weight excluding hydrogens is 653 g/mol. The Labute approximate surface area is 292 Å². The lowest BCUT2D eigenvalue weighted by Crippen LogP contribution is -2.30. The third kappa shape index (κ3) is 8.81. The van der Waals surface area contributed by atoms with E-state index >= 15 is 0 Å². The van der Waals surface area contributed by atoms with Crippen LogP contribution in [0.25, 0.3) is 16.3 Å². The minimum atomic E-state index is -0.598. The number of rotatable bonds is 12. The molecule has 0 bridgehead atoms. The van der Waals surface area contributed by atoms with Gasteiger partial charge in [-0.1, -0.05) is 90.2 Å². The van der Waals surface area contributed by atoms with Crippen molar-refractivity contribution in [1.82, 2.24) is 10.3 Å². The van der Waals surface area contributed by atoms with Crippen LogP contribution in [0.5, 0.6) is 5.75 Å². The Hall–Kier alpha value is -5.71. The highest BCUT2D eigenvalue weighted by molar-refractivity contribution is 8.00. The molecule has 6 rings (SSSR count). The van der Waals surface area contributed by atoms with Crippen LogP contribution in [-0.2, 0) is 9.59 Å². The second kappa shape index (κ2) is 15.9. The zero-order valence-electron chi connectivity index (χ0n) is 26.5. The van der Waals surface area contributed by atoms with Gasteiger partial charge in [0.1, 0.15) is 16.7 Å². The van der Waals surface area contributed by atoms with E-state index in [0.29, 0.717) is 34.3 Å². The van der Waals surface area contributed by atoms with Crippen molar-refractivity contribution < 1.29 is 19.1 Å². The van der Waals surface area contributed by atoms with Gasteiger partial charge in [-0.3, -0.25) is 14.4 Å². The van der Waals surface area contributed by atoms with Gasteiger partial charge in [0, 0.05) is 16.1 Å². The minimum Gasteiger partial charge on any atom is -0.494 e. The van der Waals surface area contributed by atoms with Gasteiger partial charge in [-0.2, -0.15) is 0 Å². The van der Waals surface area contributed by atoms with Gasteiger partial charge in [0.2, 0.25) is 5.91 Å².